The van der Waals surface area contributed by atoms with Gasteiger partial charge in [-0.3, -0.25) is 14.4 Å². The maximum absolute atomic E-state index is 12.6. The summed E-state index contributed by atoms with van der Waals surface area (Å²) in [5.74, 6) is -2.69. The second-order valence-corrected chi connectivity index (χ2v) is 6.54. The zero-order valence-corrected chi connectivity index (χ0v) is 13.6. The fourth-order valence-electron chi connectivity index (χ4n) is 3.77. The van der Waals surface area contributed by atoms with Crippen LogP contribution in [0.25, 0.3) is 0 Å². The number of carboxylic acid groups (broad SMARTS) is 1. The van der Waals surface area contributed by atoms with E-state index >= 15 is 0 Å². The Bertz CT molecular complexity index is 741. The monoisotopic (exact) mass is 328 g/mol. The largest absolute Gasteiger partial charge is 0.481 e. The van der Waals surface area contributed by atoms with Gasteiger partial charge in [0.15, 0.2) is 0 Å². The van der Waals surface area contributed by atoms with Crippen molar-refractivity contribution in [2.24, 2.45) is 23.7 Å². The lowest BCUT2D eigenvalue weighted by Gasteiger charge is -2.24. The molecule has 2 aliphatic rings. The van der Waals surface area contributed by atoms with E-state index in [1.54, 1.807) is 18.2 Å². The summed E-state index contributed by atoms with van der Waals surface area (Å²) in [6, 6.07) is 5.24. The van der Waals surface area contributed by atoms with Crippen LogP contribution in [0.15, 0.2) is 30.4 Å². The van der Waals surface area contributed by atoms with Crippen molar-refractivity contribution in [1.29, 1.82) is 0 Å². The molecule has 1 fully saturated rings. The minimum atomic E-state index is -0.921. The van der Waals surface area contributed by atoms with Gasteiger partial charge in [0.25, 0.3) is 0 Å². The van der Waals surface area contributed by atoms with E-state index in [-0.39, 0.29) is 23.7 Å². The van der Waals surface area contributed by atoms with E-state index in [0.717, 1.165) is 12.0 Å². The van der Waals surface area contributed by atoms with Crippen molar-refractivity contribution in [1.82, 2.24) is 0 Å². The summed E-state index contributed by atoms with van der Waals surface area (Å²) in [5.41, 5.74) is 2.06. The molecule has 1 aromatic carbocycles. The molecule has 2 amide bonds. The van der Waals surface area contributed by atoms with E-state index < -0.39 is 17.8 Å². The number of nitrogens with one attached hydrogen (secondary N) is 2. The van der Waals surface area contributed by atoms with Gasteiger partial charge in [0, 0.05) is 18.3 Å². The Morgan fingerprint density at radius 1 is 1.08 bits per heavy atom. The van der Waals surface area contributed by atoms with E-state index in [9.17, 15) is 19.5 Å². The van der Waals surface area contributed by atoms with Crippen LogP contribution in [-0.2, 0) is 14.4 Å². The van der Waals surface area contributed by atoms with Crippen LogP contribution in [0.3, 0.4) is 0 Å². The first kappa shape index (κ1) is 16.2. The molecular formula is C18H20N2O4. The Hall–Kier alpha value is -2.63. The molecule has 24 heavy (non-hydrogen) atoms. The fraction of sp³-hybridized carbons (Fsp3) is 0.389. The molecule has 3 rings (SSSR count). The first-order valence-electron chi connectivity index (χ1n) is 7.97. The molecule has 3 N–H and O–H groups in total. The number of aryl methyl sites for hydroxylation is 1. The average Bonchev–Trinajstić information content (AvgIpc) is 3.10. The number of anilines is 2. The van der Waals surface area contributed by atoms with Gasteiger partial charge in [0.1, 0.15) is 0 Å². The number of aliphatic carboxylic acids is 1. The fourth-order valence-corrected chi connectivity index (χ4v) is 3.77. The van der Waals surface area contributed by atoms with Crippen LogP contribution >= 0.6 is 0 Å². The summed E-state index contributed by atoms with van der Waals surface area (Å²) in [7, 11) is 0. The molecule has 0 radical (unpaired) electrons. The predicted octanol–water partition coefficient (Wildman–Crippen LogP) is 2.41. The van der Waals surface area contributed by atoms with Gasteiger partial charge < -0.3 is 15.7 Å². The number of carbonyl (C=O) groups excluding carboxylic acids is 2. The highest BCUT2D eigenvalue weighted by molar-refractivity contribution is 5.97. The van der Waals surface area contributed by atoms with Crippen LogP contribution in [0.4, 0.5) is 11.4 Å². The SMILES string of the molecule is CC(=O)Nc1cc(NC(=O)[C@@H]2[C@H](C(=O)O)[C@H]3C=C[C@H]2C3)ccc1C. The number of carboxylic acids is 1. The van der Waals surface area contributed by atoms with E-state index in [1.807, 2.05) is 19.1 Å². The Balaban J connectivity index is 1.79. The third kappa shape index (κ3) is 2.91. The third-order valence-electron chi connectivity index (χ3n) is 4.86. The lowest BCUT2D eigenvalue weighted by Crippen LogP contribution is -2.36. The van der Waals surface area contributed by atoms with Gasteiger partial charge in [-0.15, -0.1) is 0 Å². The number of amides is 2. The van der Waals surface area contributed by atoms with Gasteiger partial charge in [0.2, 0.25) is 11.8 Å². The summed E-state index contributed by atoms with van der Waals surface area (Å²) in [6.07, 6.45) is 4.58. The molecular weight excluding hydrogens is 308 g/mol. The van der Waals surface area contributed by atoms with Crippen molar-refractivity contribution in [3.05, 3.63) is 35.9 Å². The molecule has 6 nitrogen and oxygen atoms in total. The Morgan fingerprint density at radius 2 is 1.75 bits per heavy atom. The van der Waals surface area contributed by atoms with E-state index in [0.29, 0.717) is 11.4 Å². The molecule has 126 valence electrons. The second-order valence-electron chi connectivity index (χ2n) is 6.54. The van der Waals surface area contributed by atoms with Crippen LogP contribution in [0.5, 0.6) is 0 Å². The summed E-state index contributed by atoms with van der Waals surface area (Å²) < 4.78 is 0. The van der Waals surface area contributed by atoms with Crippen molar-refractivity contribution < 1.29 is 19.5 Å². The predicted molar refractivity (Wildman–Crippen MR) is 89.5 cm³/mol. The number of rotatable bonds is 4. The molecule has 0 aliphatic heterocycles. The molecule has 1 saturated carbocycles. The normalized spacial score (nSPS) is 27.1. The zero-order chi connectivity index (χ0) is 17.4. The Morgan fingerprint density at radius 3 is 2.38 bits per heavy atom. The van der Waals surface area contributed by atoms with E-state index in [2.05, 4.69) is 10.6 Å². The molecule has 0 saturated heterocycles. The van der Waals surface area contributed by atoms with Crippen molar-refractivity contribution in [3.8, 4) is 0 Å². The molecule has 4 atom stereocenters. The van der Waals surface area contributed by atoms with Crippen LogP contribution in [0, 0.1) is 30.6 Å². The molecule has 1 aromatic rings. The highest BCUT2D eigenvalue weighted by Gasteiger charge is 2.51. The number of hydrogen-bond acceptors (Lipinski definition) is 3. The number of fused-ring (bicyclic) bond motifs is 2. The van der Waals surface area contributed by atoms with Crippen LogP contribution in [-0.4, -0.2) is 22.9 Å². The first-order chi connectivity index (χ1) is 11.4. The van der Waals surface area contributed by atoms with Crippen molar-refractivity contribution in [2.45, 2.75) is 20.3 Å². The van der Waals surface area contributed by atoms with Gasteiger partial charge >= 0.3 is 5.97 Å². The summed E-state index contributed by atoms with van der Waals surface area (Å²) in [4.78, 5) is 35.4. The number of allylic oxidation sites excluding steroid dienone is 2. The molecule has 0 spiro atoms. The van der Waals surface area contributed by atoms with Crippen LogP contribution in [0.2, 0.25) is 0 Å². The maximum atomic E-state index is 12.6. The Kier molecular flexibility index (Phi) is 4.13. The maximum Gasteiger partial charge on any atom is 0.307 e. The highest BCUT2D eigenvalue weighted by atomic mass is 16.4. The minimum absolute atomic E-state index is 0.0173. The van der Waals surface area contributed by atoms with Crippen LogP contribution < -0.4 is 10.6 Å². The topological polar surface area (TPSA) is 95.5 Å². The van der Waals surface area contributed by atoms with Gasteiger partial charge in [-0.05, 0) is 42.9 Å². The number of carbonyl (C=O) groups is 3. The third-order valence-corrected chi connectivity index (χ3v) is 4.86. The van der Waals surface area contributed by atoms with Gasteiger partial charge in [-0.25, -0.2) is 0 Å². The van der Waals surface area contributed by atoms with Crippen molar-refractivity contribution in [2.75, 3.05) is 10.6 Å². The smallest absolute Gasteiger partial charge is 0.307 e. The van der Waals surface area contributed by atoms with E-state index in [1.165, 1.54) is 6.92 Å². The highest BCUT2D eigenvalue weighted by Crippen LogP contribution is 2.48. The molecule has 2 aliphatic carbocycles. The quantitative estimate of drug-likeness (QED) is 0.740. The molecule has 2 bridgehead atoms. The van der Waals surface area contributed by atoms with E-state index in [4.69, 9.17) is 0 Å². The molecule has 0 heterocycles. The summed E-state index contributed by atoms with van der Waals surface area (Å²) in [6.45, 7) is 3.28. The lowest BCUT2D eigenvalue weighted by molar-refractivity contribution is -0.146. The molecule has 6 heteroatoms. The number of hydrogen-bond donors (Lipinski definition) is 3. The first-order valence-corrected chi connectivity index (χ1v) is 7.97. The van der Waals surface area contributed by atoms with Gasteiger partial charge in [-0.1, -0.05) is 18.2 Å². The number of benzene rings is 1. The van der Waals surface area contributed by atoms with Crippen molar-refractivity contribution in [3.63, 3.8) is 0 Å². The van der Waals surface area contributed by atoms with Gasteiger partial charge in [-0.2, -0.15) is 0 Å². The Labute approximate surface area is 139 Å². The summed E-state index contributed by atoms with van der Waals surface area (Å²) >= 11 is 0. The van der Waals surface area contributed by atoms with Crippen molar-refractivity contribution >= 4 is 29.2 Å². The molecule has 0 unspecified atom stereocenters. The van der Waals surface area contributed by atoms with Gasteiger partial charge in [0.05, 0.1) is 11.8 Å². The second kappa shape index (κ2) is 6.11. The average molecular weight is 328 g/mol. The molecule has 0 aromatic heterocycles. The standard InChI is InChI=1S/C18H20N2O4/c1-9-3-6-13(8-14(9)19-10(2)21)20-17(22)15-11-4-5-12(7-11)16(15)18(23)24/h3-6,8,11-12,15-16H,7H2,1-2H3,(H,19,21)(H,20,22)(H,23,24)/t11-,12-,15-,16+/m0/s1. The zero-order valence-electron chi connectivity index (χ0n) is 13.6. The lowest BCUT2D eigenvalue weighted by atomic mass is 9.82. The minimum Gasteiger partial charge on any atom is -0.481 e. The summed E-state index contributed by atoms with van der Waals surface area (Å²) in [5, 5.41) is 15.0. The van der Waals surface area contributed by atoms with Crippen LogP contribution in [0.1, 0.15) is 18.9 Å².